The number of methoxy groups -OCH3 is 1. The van der Waals surface area contributed by atoms with Gasteiger partial charge in [-0.1, -0.05) is 34.1 Å². The van der Waals surface area contributed by atoms with Crippen LogP contribution in [0, 0.1) is 0 Å². The summed E-state index contributed by atoms with van der Waals surface area (Å²) in [6.07, 6.45) is 0. The quantitative estimate of drug-likeness (QED) is 0.844. The van der Waals surface area contributed by atoms with Crippen LogP contribution >= 0.6 is 15.9 Å². The summed E-state index contributed by atoms with van der Waals surface area (Å²) in [6, 6.07) is 14.0. The Balaban J connectivity index is 2.10. The van der Waals surface area contributed by atoms with Crippen molar-refractivity contribution in [2.24, 2.45) is 0 Å². The van der Waals surface area contributed by atoms with Crippen LogP contribution in [0.5, 0.6) is 11.5 Å². The Morgan fingerprint density at radius 3 is 2.70 bits per heavy atom. The Bertz CT molecular complexity index is 572. The molecule has 0 heterocycles. The lowest BCUT2D eigenvalue weighted by atomic mass is 10.2. The largest absolute Gasteiger partial charge is 0.497 e. The Morgan fingerprint density at radius 2 is 1.95 bits per heavy atom. The van der Waals surface area contributed by atoms with Gasteiger partial charge in [0, 0.05) is 28.3 Å². The van der Waals surface area contributed by atoms with E-state index < -0.39 is 0 Å². The SMILES string of the molecule is CCOc1ccccc1CNc1cc(Br)cc(OC)c1. The number of anilines is 1. The number of nitrogens with one attached hydrogen (secondary N) is 1. The fourth-order valence-corrected chi connectivity index (χ4v) is 2.40. The van der Waals surface area contributed by atoms with Gasteiger partial charge in [0.15, 0.2) is 0 Å². The van der Waals surface area contributed by atoms with Gasteiger partial charge in [-0.3, -0.25) is 0 Å². The van der Waals surface area contributed by atoms with Crippen LogP contribution < -0.4 is 14.8 Å². The molecule has 0 atom stereocenters. The van der Waals surface area contributed by atoms with Gasteiger partial charge in [-0.15, -0.1) is 0 Å². The van der Waals surface area contributed by atoms with Crippen molar-refractivity contribution in [3.63, 3.8) is 0 Å². The Kier molecular flexibility index (Phi) is 5.30. The lowest BCUT2D eigenvalue weighted by molar-refractivity contribution is 0.337. The molecule has 0 aliphatic heterocycles. The van der Waals surface area contributed by atoms with Gasteiger partial charge in [0.1, 0.15) is 11.5 Å². The van der Waals surface area contributed by atoms with Crippen molar-refractivity contribution in [1.82, 2.24) is 0 Å². The molecule has 0 radical (unpaired) electrons. The molecular weight excluding hydrogens is 318 g/mol. The molecule has 2 aromatic carbocycles. The normalized spacial score (nSPS) is 10.2. The molecule has 0 aromatic heterocycles. The van der Waals surface area contributed by atoms with Crippen LogP contribution in [0.4, 0.5) is 5.69 Å². The summed E-state index contributed by atoms with van der Waals surface area (Å²) in [5, 5.41) is 3.39. The Hall–Kier alpha value is -1.68. The fraction of sp³-hybridized carbons (Fsp3) is 0.250. The number of hydrogen-bond acceptors (Lipinski definition) is 3. The van der Waals surface area contributed by atoms with E-state index in [1.165, 1.54) is 0 Å². The van der Waals surface area contributed by atoms with E-state index in [4.69, 9.17) is 9.47 Å². The van der Waals surface area contributed by atoms with Crippen molar-refractivity contribution in [3.05, 3.63) is 52.5 Å². The van der Waals surface area contributed by atoms with Gasteiger partial charge in [0.2, 0.25) is 0 Å². The average Bonchev–Trinajstić information content (AvgIpc) is 2.46. The van der Waals surface area contributed by atoms with Gasteiger partial charge in [-0.25, -0.2) is 0 Å². The maximum Gasteiger partial charge on any atom is 0.124 e. The predicted molar refractivity (Wildman–Crippen MR) is 85.6 cm³/mol. The van der Waals surface area contributed by atoms with Crippen molar-refractivity contribution >= 4 is 21.6 Å². The van der Waals surface area contributed by atoms with Crippen molar-refractivity contribution in [2.75, 3.05) is 19.0 Å². The van der Waals surface area contributed by atoms with E-state index in [2.05, 4.69) is 27.3 Å². The summed E-state index contributed by atoms with van der Waals surface area (Å²) in [5.41, 5.74) is 2.14. The summed E-state index contributed by atoms with van der Waals surface area (Å²) in [5.74, 6) is 1.74. The molecule has 0 fully saturated rings. The van der Waals surface area contributed by atoms with Crippen LogP contribution in [0.25, 0.3) is 0 Å². The number of hydrogen-bond donors (Lipinski definition) is 1. The van der Waals surface area contributed by atoms with E-state index >= 15 is 0 Å². The van der Waals surface area contributed by atoms with Gasteiger partial charge in [-0.05, 0) is 25.1 Å². The molecule has 106 valence electrons. The molecule has 0 unspecified atom stereocenters. The number of ether oxygens (including phenoxy) is 2. The number of para-hydroxylation sites is 1. The minimum absolute atomic E-state index is 0.668. The molecule has 0 aliphatic carbocycles. The monoisotopic (exact) mass is 335 g/mol. The molecular formula is C16H18BrNO2. The highest BCUT2D eigenvalue weighted by Gasteiger charge is 2.04. The summed E-state index contributed by atoms with van der Waals surface area (Å²) < 4.78 is 11.9. The predicted octanol–water partition coefficient (Wildman–Crippen LogP) is 4.47. The lowest BCUT2D eigenvalue weighted by Gasteiger charge is -2.12. The van der Waals surface area contributed by atoms with E-state index in [0.29, 0.717) is 13.2 Å². The first-order valence-corrected chi connectivity index (χ1v) is 7.31. The van der Waals surface area contributed by atoms with Crippen LogP contribution in [-0.4, -0.2) is 13.7 Å². The zero-order chi connectivity index (χ0) is 14.4. The Labute approximate surface area is 128 Å². The van der Waals surface area contributed by atoms with Crippen molar-refractivity contribution in [1.29, 1.82) is 0 Å². The highest BCUT2D eigenvalue weighted by atomic mass is 79.9. The molecule has 4 heteroatoms. The van der Waals surface area contributed by atoms with Gasteiger partial charge >= 0.3 is 0 Å². The second-order valence-electron chi connectivity index (χ2n) is 4.27. The zero-order valence-corrected chi connectivity index (χ0v) is 13.2. The van der Waals surface area contributed by atoms with E-state index in [9.17, 15) is 0 Å². The second-order valence-corrected chi connectivity index (χ2v) is 5.19. The van der Waals surface area contributed by atoms with Gasteiger partial charge < -0.3 is 14.8 Å². The molecule has 0 saturated heterocycles. The topological polar surface area (TPSA) is 30.5 Å². The highest BCUT2D eigenvalue weighted by molar-refractivity contribution is 9.10. The lowest BCUT2D eigenvalue weighted by Crippen LogP contribution is -2.03. The minimum atomic E-state index is 0.668. The first-order valence-electron chi connectivity index (χ1n) is 6.52. The first kappa shape index (κ1) is 14.7. The third-order valence-corrected chi connectivity index (χ3v) is 3.32. The molecule has 0 saturated carbocycles. The van der Waals surface area contributed by atoms with E-state index in [0.717, 1.165) is 27.2 Å². The zero-order valence-electron chi connectivity index (χ0n) is 11.7. The van der Waals surface area contributed by atoms with Gasteiger partial charge in [0.05, 0.1) is 13.7 Å². The summed E-state index contributed by atoms with van der Waals surface area (Å²) in [4.78, 5) is 0. The van der Waals surface area contributed by atoms with Crippen LogP contribution in [0.3, 0.4) is 0 Å². The molecule has 20 heavy (non-hydrogen) atoms. The van der Waals surface area contributed by atoms with Gasteiger partial charge in [0.25, 0.3) is 0 Å². The molecule has 0 spiro atoms. The molecule has 3 nitrogen and oxygen atoms in total. The van der Waals surface area contributed by atoms with E-state index in [1.54, 1.807) is 7.11 Å². The first-order chi connectivity index (χ1) is 9.72. The van der Waals surface area contributed by atoms with Crippen molar-refractivity contribution < 1.29 is 9.47 Å². The second kappa shape index (κ2) is 7.20. The fourth-order valence-electron chi connectivity index (χ4n) is 1.93. The van der Waals surface area contributed by atoms with Crippen LogP contribution in [0.15, 0.2) is 46.9 Å². The number of rotatable bonds is 6. The molecule has 2 aromatic rings. The molecule has 1 N–H and O–H groups in total. The minimum Gasteiger partial charge on any atom is -0.497 e. The Morgan fingerprint density at radius 1 is 1.15 bits per heavy atom. The van der Waals surface area contributed by atoms with Crippen LogP contribution in [-0.2, 0) is 6.54 Å². The summed E-state index contributed by atoms with van der Waals surface area (Å²) in [7, 11) is 1.66. The standard InChI is InChI=1S/C16H18BrNO2/c1-3-20-16-7-5-4-6-12(16)11-18-14-8-13(17)9-15(10-14)19-2/h4-10,18H,3,11H2,1-2H3. The summed E-state index contributed by atoms with van der Waals surface area (Å²) >= 11 is 3.47. The van der Waals surface area contributed by atoms with Crippen molar-refractivity contribution in [3.8, 4) is 11.5 Å². The highest BCUT2D eigenvalue weighted by Crippen LogP contribution is 2.26. The third-order valence-electron chi connectivity index (χ3n) is 2.86. The molecule has 2 rings (SSSR count). The average molecular weight is 336 g/mol. The van der Waals surface area contributed by atoms with Gasteiger partial charge in [-0.2, -0.15) is 0 Å². The van der Waals surface area contributed by atoms with E-state index in [1.807, 2.05) is 43.3 Å². The summed E-state index contributed by atoms with van der Waals surface area (Å²) in [6.45, 7) is 3.36. The molecule has 0 aliphatic rings. The number of halogens is 1. The number of benzene rings is 2. The van der Waals surface area contributed by atoms with E-state index in [-0.39, 0.29) is 0 Å². The maximum atomic E-state index is 5.62. The maximum absolute atomic E-state index is 5.62. The third kappa shape index (κ3) is 3.90. The smallest absolute Gasteiger partial charge is 0.124 e. The molecule has 0 bridgehead atoms. The van der Waals surface area contributed by atoms with Crippen LogP contribution in [0.1, 0.15) is 12.5 Å². The van der Waals surface area contributed by atoms with Crippen LogP contribution in [0.2, 0.25) is 0 Å². The molecule has 0 amide bonds. The van der Waals surface area contributed by atoms with Crippen molar-refractivity contribution in [2.45, 2.75) is 13.5 Å².